The second kappa shape index (κ2) is 5.92. The minimum Gasteiger partial charge on any atom is -0.157 e. The maximum Gasteiger partial charge on any atom is 0.0231 e. The Morgan fingerprint density at radius 3 is 3.09 bits per heavy atom. The first-order valence-electron chi connectivity index (χ1n) is 3.58. The summed E-state index contributed by atoms with van der Waals surface area (Å²) in [5.41, 5.74) is 1.44. The number of halogens is 1. The topological polar surface area (TPSA) is 0 Å². The molecule has 0 aliphatic heterocycles. The van der Waals surface area contributed by atoms with Gasteiger partial charge in [0.1, 0.15) is 0 Å². The summed E-state index contributed by atoms with van der Waals surface area (Å²) in [5.74, 6) is 3.11. The van der Waals surface area contributed by atoms with E-state index in [1.807, 2.05) is 11.8 Å². The van der Waals surface area contributed by atoms with Crippen LogP contribution in [0.2, 0.25) is 0 Å². The molecule has 0 saturated carbocycles. The second-order valence-corrected chi connectivity index (χ2v) is 4.49. The molecule has 0 spiro atoms. The van der Waals surface area contributed by atoms with Crippen molar-refractivity contribution in [2.45, 2.75) is 12.2 Å². The fourth-order valence-corrected chi connectivity index (χ4v) is 2.70. The minimum absolute atomic E-state index is 0.788. The molecule has 0 unspecified atom stereocenters. The Kier molecular flexibility index (Phi) is 5.08. The van der Waals surface area contributed by atoms with E-state index in [2.05, 4.69) is 16.8 Å². The fourth-order valence-electron chi connectivity index (χ4n) is 0.721. The van der Waals surface area contributed by atoms with Gasteiger partial charge < -0.3 is 0 Å². The van der Waals surface area contributed by atoms with Crippen LogP contribution in [0.3, 0.4) is 0 Å². The van der Waals surface area contributed by atoms with Gasteiger partial charge in [-0.05, 0) is 34.6 Å². The van der Waals surface area contributed by atoms with Crippen LogP contribution >= 0.6 is 34.7 Å². The highest BCUT2D eigenvalue weighted by Gasteiger charge is 1.92. The molecule has 62 valence electrons. The first-order valence-corrected chi connectivity index (χ1v) is 6.21. The predicted octanol–water partition coefficient (Wildman–Crippen LogP) is 3.61. The summed E-state index contributed by atoms with van der Waals surface area (Å²) >= 11 is 9.27. The molecular formula is C8H11ClS2. The molecule has 1 aromatic rings. The Bertz CT molecular complexity index is 172. The third kappa shape index (κ3) is 4.04. The van der Waals surface area contributed by atoms with Crippen LogP contribution in [0, 0.1) is 0 Å². The third-order valence-corrected chi connectivity index (χ3v) is 3.39. The number of thiophene rings is 1. The summed E-state index contributed by atoms with van der Waals surface area (Å²) in [6, 6.07) is 2.18. The van der Waals surface area contributed by atoms with E-state index in [9.17, 15) is 0 Å². The van der Waals surface area contributed by atoms with Crippen molar-refractivity contribution in [1.82, 2.24) is 0 Å². The van der Waals surface area contributed by atoms with Crippen LogP contribution in [0.4, 0.5) is 0 Å². The van der Waals surface area contributed by atoms with Gasteiger partial charge >= 0.3 is 0 Å². The first kappa shape index (κ1) is 9.43. The zero-order valence-corrected chi connectivity index (χ0v) is 8.64. The molecule has 11 heavy (non-hydrogen) atoms. The van der Waals surface area contributed by atoms with Crippen LogP contribution in [0.25, 0.3) is 0 Å². The van der Waals surface area contributed by atoms with Gasteiger partial charge in [-0.15, -0.1) is 11.6 Å². The van der Waals surface area contributed by atoms with Crippen molar-refractivity contribution in [3.8, 4) is 0 Å². The summed E-state index contributed by atoms with van der Waals surface area (Å²) in [4.78, 5) is 0. The summed E-state index contributed by atoms with van der Waals surface area (Å²) in [6.07, 6.45) is 1.12. The quantitative estimate of drug-likeness (QED) is 0.524. The number of hydrogen-bond donors (Lipinski definition) is 0. The Morgan fingerprint density at radius 2 is 2.45 bits per heavy atom. The second-order valence-electron chi connectivity index (χ2n) is 2.23. The van der Waals surface area contributed by atoms with E-state index in [1.54, 1.807) is 11.3 Å². The summed E-state index contributed by atoms with van der Waals surface area (Å²) in [5, 5.41) is 4.32. The van der Waals surface area contributed by atoms with Crippen molar-refractivity contribution in [1.29, 1.82) is 0 Å². The van der Waals surface area contributed by atoms with Crippen molar-refractivity contribution in [3.63, 3.8) is 0 Å². The molecule has 1 heterocycles. The lowest BCUT2D eigenvalue weighted by Gasteiger charge is -1.95. The van der Waals surface area contributed by atoms with Gasteiger partial charge in [-0.3, -0.25) is 0 Å². The predicted molar refractivity (Wildman–Crippen MR) is 55.8 cm³/mol. The van der Waals surface area contributed by atoms with E-state index >= 15 is 0 Å². The van der Waals surface area contributed by atoms with Gasteiger partial charge in [-0.1, -0.05) is 0 Å². The van der Waals surface area contributed by atoms with Gasteiger partial charge in [-0.25, -0.2) is 0 Å². The molecule has 0 aromatic carbocycles. The van der Waals surface area contributed by atoms with E-state index < -0.39 is 0 Å². The molecular weight excluding hydrogens is 196 g/mol. The zero-order chi connectivity index (χ0) is 7.94. The molecule has 0 N–H and O–H groups in total. The zero-order valence-electron chi connectivity index (χ0n) is 6.25. The lowest BCUT2D eigenvalue weighted by molar-refractivity contribution is 1.11. The average Bonchev–Trinajstić information content (AvgIpc) is 2.50. The summed E-state index contributed by atoms with van der Waals surface area (Å²) in [6.45, 7) is 0. The van der Waals surface area contributed by atoms with Gasteiger partial charge in [0, 0.05) is 11.6 Å². The summed E-state index contributed by atoms with van der Waals surface area (Å²) < 4.78 is 0. The fraction of sp³-hybridized carbons (Fsp3) is 0.500. The van der Waals surface area contributed by atoms with Crippen LogP contribution < -0.4 is 0 Å². The van der Waals surface area contributed by atoms with E-state index in [-0.39, 0.29) is 0 Å². The number of thioether (sulfide) groups is 1. The molecule has 3 heteroatoms. The molecule has 0 amide bonds. The molecule has 0 fully saturated rings. The molecule has 0 aliphatic carbocycles. The molecule has 0 aliphatic rings. The Balaban J connectivity index is 2.04. The van der Waals surface area contributed by atoms with Crippen LogP contribution in [0.15, 0.2) is 16.8 Å². The highest BCUT2D eigenvalue weighted by molar-refractivity contribution is 7.98. The Morgan fingerprint density at radius 1 is 1.55 bits per heavy atom. The maximum atomic E-state index is 5.55. The maximum absolute atomic E-state index is 5.55. The molecule has 0 saturated heterocycles. The van der Waals surface area contributed by atoms with E-state index in [1.165, 1.54) is 11.3 Å². The number of alkyl halides is 1. The monoisotopic (exact) mass is 206 g/mol. The van der Waals surface area contributed by atoms with Crippen LogP contribution in [-0.2, 0) is 5.75 Å². The normalized spacial score (nSPS) is 10.3. The van der Waals surface area contributed by atoms with E-state index in [0.717, 1.165) is 18.1 Å². The van der Waals surface area contributed by atoms with Crippen LogP contribution in [0.5, 0.6) is 0 Å². The Hall–Kier alpha value is 0.340. The van der Waals surface area contributed by atoms with Gasteiger partial charge in [0.2, 0.25) is 0 Å². The van der Waals surface area contributed by atoms with Crippen molar-refractivity contribution in [2.24, 2.45) is 0 Å². The molecule has 0 atom stereocenters. The van der Waals surface area contributed by atoms with Gasteiger partial charge in [-0.2, -0.15) is 23.1 Å². The van der Waals surface area contributed by atoms with Crippen molar-refractivity contribution in [3.05, 3.63) is 22.4 Å². The van der Waals surface area contributed by atoms with Crippen molar-refractivity contribution in [2.75, 3.05) is 11.6 Å². The first-order chi connectivity index (χ1) is 5.43. The van der Waals surface area contributed by atoms with Crippen molar-refractivity contribution < 1.29 is 0 Å². The van der Waals surface area contributed by atoms with E-state index in [0.29, 0.717) is 0 Å². The van der Waals surface area contributed by atoms with Crippen LogP contribution in [-0.4, -0.2) is 11.6 Å². The van der Waals surface area contributed by atoms with Gasteiger partial charge in [0.25, 0.3) is 0 Å². The summed E-state index contributed by atoms with van der Waals surface area (Å²) in [7, 11) is 0. The molecule has 1 aromatic heterocycles. The van der Waals surface area contributed by atoms with Crippen LogP contribution in [0.1, 0.15) is 12.0 Å². The Labute approximate surface area is 81.0 Å². The largest absolute Gasteiger partial charge is 0.157 e. The third-order valence-electron chi connectivity index (χ3n) is 1.27. The van der Waals surface area contributed by atoms with Crippen molar-refractivity contribution >= 4 is 34.7 Å². The molecule has 1 rings (SSSR count). The highest BCUT2D eigenvalue weighted by atomic mass is 35.5. The molecule has 0 bridgehead atoms. The number of rotatable bonds is 5. The average molecular weight is 207 g/mol. The SMILES string of the molecule is ClCCCSCc1ccsc1. The molecule has 0 radical (unpaired) electrons. The van der Waals surface area contributed by atoms with Gasteiger partial charge in [0.05, 0.1) is 0 Å². The lowest BCUT2D eigenvalue weighted by Crippen LogP contribution is -1.81. The number of hydrogen-bond acceptors (Lipinski definition) is 2. The van der Waals surface area contributed by atoms with E-state index in [4.69, 9.17) is 11.6 Å². The minimum atomic E-state index is 0.788. The van der Waals surface area contributed by atoms with Gasteiger partial charge in [0.15, 0.2) is 0 Å². The molecule has 0 nitrogen and oxygen atoms in total. The smallest absolute Gasteiger partial charge is 0.0231 e. The highest BCUT2D eigenvalue weighted by Crippen LogP contribution is 2.15. The lowest BCUT2D eigenvalue weighted by atomic mass is 10.4. The standard InChI is InChI=1S/C8H11ClS2/c9-3-1-4-10-6-8-2-5-11-7-8/h2,5,7H,1,3-4,6H2.